The third-order valence-electron chi connectivity index (χ3n) is 2.68. The molecule has 0 aliphatic carbocycles. The largest absolute Gasteiger partial charge is 0.467 e. The van der Waals surface area contributed by atoms with Crippen molar-refractivity contribution in [1.29, 1.82) is 0 Å². The van der Waals surface area contributed by atoms with Gasteiger partial charge in [0.15, 0.2) is 4.96 Å². The molecule has 0 saturated carbocycles. The number of imidazole rings is 1. The van der Waals surface area contributed by atoms with Crippen LogP contribution < -0.4 is 5.32 Å². The number of nitrogens with one attached hydrogen (secondary N) is 1. The number of amides is 1. The maximum atomic E-state index is 11.8. The van der Waals surface area contributed by atoms with E-state index in [-0.39, 0.29) is 12.3 Å². The van der Waals surface area contributed by atoms with Gasteiger partial charge in [-0.05, 0) is 13.8 Å². The van der Waals surface area contributed by atoms with Crippen molar-refractivity contribution >= 4 is 28.2 Å². The van der Waals surface area contributed by atoms with Gasteiger partial charge in [-0.3, -0.25) is 9.20 Å². The molecular weight excluding hydrogens is 266 g/mol. The minimum atomic E-state index is -0.642. The first-order valence-electron chi connectivity index (χ1n) is 5.80. The average molecular weight is 281 g/mol. The zero-order valence-corrected chi connectivity index (χ0v) is 11.8. The molecule has 6 nitrogen and oxygen atoms in total. The molecule has 0 fully saturated rings. The molecule has 1 amide bonds. The summed E-state index contributed by atoms with van der Waals surface area (Å²) in [6, 6.07) is -0.642. The number of nitrogens with zero attached hydrogens (tertiary/aromatic N) is 2. The van der Waals surface area contributed by atoms with Crippen molar-refractivity contribution in [1.82, 2.24) is 14.7 Å². The van der Waals surface area contributed by atoms with Gasteiger partial charge in [-0.1, -0.05) is 0 Å². The Balaban J connectivity index is 2.04. The molecule has 0 bridgehead atoms. The molecule has 2 aromatic rings. The summed E-state index contributed by atoms with van der Waals surface area (Å²) >= 11 is 1.49. The third kappa shape index (κ3) is 2.93. The van der Waals surface area contributed by atoms with E-state index in [2.05, 4.69) is 15.0 Å². The van der Waals surface area contributed by atoms with E-state index in [9.17, 15) is 9.59 Å². The number of carbonyl (C=O) groups excluding carboxylic acids is 2. The fraction of sp³-hybridized carbons (Fsp3) is 0.417. The first kappa shape index (κ1) is 13.5. The van der Waals surface area contributed by atoms with Crippen LogP contribution in [0.15, 0.2) is 11.6 Å². The molecule has 0 saturated heterocycles. The molecule has 2 aromatic heterocycles. The summed E-state index contributed by atoms with van der Waals surface area (Å²) in [4.78, 5) is 28.2. The van der Waals surface area contributed by atoms with Gasteiger partial charge in [0.1, 0.15) is 6.04 Å². The second-order valence-corrected chi connectivity index (χ2v) is 5.09. The quantitative estimate of drug-likeness (QED) is 0.846. The number of aryl methyl sites for hydroxylation is 1. The van der Waals surface area contributed by atoms with E-state index in [1.54, 1.807) is 6.92 Å². The van der Waals surface area contributed by atoms with Gasteiger partial charge < -0.3 is 10.1 Å². The first-order valence-corrected chi connectivity index (χ1v) is 6.68. The van der Waals surface area contributed by atoms with Gasteiger partial charge in [-0.15, -0.1) is 11.3 Å². The van der Waals surface area contributed by atoms with Crippen LogP contribution in [-0.4, -0.2) is 34.4 Å². The molecule has 0 radical (unpaired) electrons. The van der Waals surface area contributed by atoms with Crippen molar-refractivity contribution < 1.29 is 14.3 Å². The lowest BCUT2D eigenvalue weighted by molar-refractivity contribution is -0.144. The number of esters is 1. The number of fused-ring (bicyclic) bond motifs is 1. The van der Waals surface area contributed by atoms with Gasteiger partial charge in [-0.2, -0.15) is 0 Å². The Morgan fingerprint density at radius 1 is 1.58 bits per heavy atom. The van der Waals surface area contributed by atoms with Gasteiger partial charge in [0.25, 0.3) is 0 Å². The molecule has 1 atom stereocenters. The monoisotopic (exact) mass is 281 g/mol. The lowest BCUT2D eigenvalue weighted by atomic mass is 10.3. The predicted octanol–water partition coefficient (Wildman–Crippen LogP) is 0.924. The highest BCUT2D eigenvalue weighted by atomic mass is 32.1. The number of methoxy groups -OCH3 is 1. The summed E-state index contributed by atoms with van der Waals surface area (Å²) in [5, 5.41) is 4.49. The molecule has 0 aliphatic rings. The van der Waals surface area contributed by atoms with Crippen LogP contribution in [-0.2, 0) is 20.7 Å². The number of hydrogen-bond acceptors (Lipinski definition) is 5. The van der Waals surface area contributed by atoms with Crippen LogP contribution in [0.1, 0.15) is 18.3 Å². The molecule has 19 heavy (non-hydrogen) atoms. The van der Waals surface area contributed by atoms with Crippen LogP contribution in [0, 0.1) is 6.92 Å². The minimum Gasteiger partial charge on any atom is -0.467 e. The molecule has 1 N–H and O–H groups in total. The van der Waals surface area contributed by atoms with Gasteiger partial charge in [-0.25, -0.2) is 9.78 Å². The van der Waals surface area contributed by atoms with Gasteiger partial charge >= 0.3 is 5.97 Å². The number of carbonyl (C=O) groups is 2. The average Bonchev–Trinajstić information content (AvgIpc) is 2.89. The molecule has 2 rings (SSSR count). The molecule has 7 heteroatoms. The lowest BCUT2D eigenvalue weighted by Crippen LogP contribution is -2.40. The standard InChI is InChI=1S/C12H15N3O3S/c1-7-5-15-9(6-19-12(15)13-7)4-10(16)14-8(2)11(17)18-3/h5-6,8H,4H2,1-3H3,(H,14,16)/t8-/m0/s1. The van der Waals surface area contributed by atoms with Crippen molar-refractivity contribution in [2.24, 2.45) is 0 Å². The Morgan fingerprint density at radius 3 is 3.00 bits per heavy atom. The maximum Gasteiger partial charge on any atom is 0.328 e. The Kier molecular flexibility index (Phi) is 3.84. The molecule has 2 heterocycles. The topological polar surface area (TPSA) is 72.7 Å². The summed E-state index contributed by atoms with van der Waals surface area (Å²) in [7, 11) is 1.29. The van der Waals surface area contributed by atoms with E-state index in [1.165, 1.54) is 18.4 Å². The first-order chi connectivity index (χ1) is 9.01. The number of ether oxygens (including phenoxy) is 1. The summed E-state index contributed by atoms with van der Waals surface area (Å²) < 4.78 is 6.45. The smallest absolute Gasteiger partial charge is 0.328 e. The Hall–Kier alpha value is -1.89. The zero-order valence-electron chi connectivity index (χ0n) is 11.0. The second-order valence-electron chi connectivity index (χ2n) is 4.25. The molecular formula is C12H15N3O3S. The van der Waals surface area contributed by atoms with E-state index >= 15 is 0 Å². The van der Waals surface area contributed by atoms with Gasteiger partial charge in [0.2, 0.25) is 5.91 Å². The normalized spacial score (nSPS) is 12.4. The van der Waals surface area contributed by atoms with Crippen molar-refractivity contribution in [3.05, 3.63) is 23.0 Å². The molecule has 102 valence electrons. The predicted molar refractivity (Wildman–Crippen MR) is 71.1 cm³/mol. The lowest BCUT2D eigenvalue weighted by Gasteiger charge is -2.11. The number of thiazole rings is 1. The highest BCUT2D eigenvalue weighted by molar-refractivity contribution is 7.15. The summed E-state index contributed by atoms with van der Waals surface area (Å²) in [5.41, 5.74) is 1.77. The van der Waals surface area contributed by atoms with Crippen LogP contribution in [0.3, 0.4) is 0 Å². The third-order valence-corrected chi connectivity index (χ3v) is 3.57. The Morgan fingerprint density at radius 2 is 2.32 bits per heavy atom. The summed E-state index contributed by atoms with van der Waals surface area (Å²) in [6.45, 7) is 3.50. The van der Waals surface area contributed by atoms with Crippen LogP contribution in [0.4, 0.5) is 0 Å². The minimum absolute atomic E-state index is 0.205. The van der Waals surface area contributed by atoms with E-state index in [1.807, 2.05) is 22.9 Å². The number of rotatable bonds is 4. The zero-order chi connectivity index (χ0) is 14.0. The molecule has 0 aliphatic heterocycles. The highest BCUT2D eigenvalue weighted by Crippen LogP contribution is 2.16. The van der Waals surface area contributed by atoms with Gasteiger partial charge in [0, 0.05) is 17.3 Å². The fourth-order valence-electron chi connectivity index (χ4n) is 1.76. The second kappa shape index (κ2) is 5.40. The van der Waals surface area contributed by atoms with Crippen LogP contribution >= 0.6 is 11.3 Å². The Labute approximate surface area is 114 Å². The van der Waals surface area contributed by atoms with Crippen LogP contribution in [0.2, 0.25) is 0 Å². The van der Waals surface area contributed by atoms with E-state index in [0.717, 1.165) is 16.3 Å². The number of hydrogen-bond donors (Lipinski definition) is 1. The van der Waals surface area contributed by atoms with E-state index < -0.39 is 12.0 Å². The summed E-state index contributed by atoms with van der Waals surface area (Å²) in [6.07, 6.45) is 2.09. The van der Waals surface area contributed by atoms with Crippen LogP contribution in [0.5, 0.6) is 0 Å². The Bertz CT molecular complexity index is 617. The maximum absolute atomic E-state index is 11.8. The molecule has 0 spiro atoms. The fourth-order valence-corrected chi connectivity index (χ4v) is 2.68. The van der Waals surface area contributed by atoms with Crippen molar-refractivity contribution in [2.45, 2.75) is 26.3 Å². The number of aromatic nitrogens is 2. The summed E-state index contributed by atoms with van der Waals surface area (Å²) in [5.74, 6) is -0.675. The van der Waals surface area contributed by atoms with Crippen molar-refractivity contribution in [3.63, 3.8) is 0 Å². The van der Waals surface area contributed by atoms with Crippen molar-refractivity contribution in [2.75, 3.05) is 7.11 Å². The SMILES string of the molecule is COC(=O)[C@H](C)NC(=O)Cc1csc2nc(C)cn12. The molecule has 0 aromatic carbocycles. The van der Waals surface area contributed by atoms with Crippen molar-refractivity contribution in [3.8, 4) is 0 Å². The highest BCUT2D eigenvalue weighted by Gasteiger charge is 2.17. The van der Waals surface area contributed by atoms with Crippen LogP contribution in [0.25, 0.3) is 4.96 Å². The molecule has 0 unspecified atom stereocenters. The van der Waals surface area contributed by atoms with E-state index in [0.29, 0.717) is 0 Å². The van der Waals surface area contributed by atoms with E-state index in [4.69, 9.17) is 0 Å². The van der Waals surface area contributed by atoms with Gasteiger partial charge in [0.05, 0.1) is 19.2 Å².